The standard InChI is InChI=1S/C17H20GeO4/c1-17(2,3)16(19)18(13-7-4-10-20-13,14-8-5-11-21-14)15-9-6-12-22-15/h4-12,16,19H,1-3H3. The van der Waals surface area contributed by atoms with Crippen LogP contribution in [0.5, 0.6) is 0 Å². The van der Waals surface area contributed by atoms with E-state index in [4.69, 9.17) is 13.3 Å². The van der Waals surface area contributed by atoms with Gasteiger partial charge in [0.1, 0.15) is 0 Å². The van der Waals surface area contributed by atoms with Crippen molar-refractivity contribution in [2.45, 2.75) is 25.7 Å². The van der Waals surface area contributed by atoms with Gasteiger partial charge in [0, 0.05) is 0 Å². The number of aliphatic hydroxyl groups is 1. The van der Waals surface area contributed by atoms with Gasteiger partial charge in [-0.1, -0.05) is 0 Å². The number of furan rings is 3. The molecule has 0 spiro atoms. The second kappa shape index (κ2) is 5.52. The summed E-state index contributed by atoms with van der Waals surface area (Å²) in [4.78, 5) is -0.629. The van der Waals surface area contributed by atoms with Gasteiger partial charge in [0.25, 0.3) is 0 Å². The van der Waals surface area contributed by atoms with Gasteiger partial charge in [0.15, 0.2) is 0 Å². The van der Waals surface area contributed by atoms with Crippen molar-refractivity contribution in [3.63, 3.8) is 0 Å². The van der Waals surface area contributed by atoms with Crippen molar-refractivity contribution in [2.24, 2.45) is 5.41 Å². The van der Waals surface area contributed by atoms with E-state index in [0.29, 0.717) is 0 Å². The van der Waals surface area contributed by atoms with Crippen LogP contribution in [0.25, 0.3) is 0 Å². The van der Waals surface area contributed by atoms with Crippen molar-refractivity contribution in [3.8, 4) is 0 Å². The zero-order chi connectivity index (χ0) is 15.8. The van der Waals surface area contributed by atoms with Gasteiger partial charge in [-0.05, 0) is 0 Å². The van der Waals surface area contributed by atoms with Crippen LogP contribution in [0.4, 0.5) is 0 Å². The SMILES string of the molecule is CC(C)(C)[CH](O)[Ge]([c]1ccco1)([c]1ccco1)[c]1ccco1. The number of rotatable bonds is 4. The predicted octanol–water partition coefficient (Wildman–Crippen LogP) is 1.88. The molecule has 0 saturated heterocycles. The van der Waals surface area contributed by atoms with Crippen LogP contribution < -0.4 is 13.8 Å². The molecule has 0 bridgehead atoms. The molecule has 3 aromatic heterocycles. The molecule has 0 radical (unpaired) electrons. The van der Waals surface area contributed by atoms with E-state index in [1.165, 1.54) is 0 Å². The molecule has 0 aliphatic carbocycles. The average Bonchev–Trinajstić information content (AvgIpc) is 3.23. The Morgan fingerprint density at radius 3 is 1.41 bits per heavy atom. The van der Waals surface area contributed by atoms with E-state index in [1.54, 1.807) is 18.8 Å². The van der Waals surface area contributed by atoms with E-state index in [9.17, 15) is 5.11 Å². The fourth-order valence-corrected chi connectivity index (χ4v) is 12.7. The van der Waals surface area contributed by atoms with Crippen LogP contribution in [-0.4, -0.2) is 23.3 Å². The predicted molar refractivity (Wildman–Crippen MR) is 86.2 cm³/mol. The molecule has 0 aromatic carbocycles. The van der Waals surface area contributed by atoms with E-state index < -0.39 is 18.2 Å². The maximum atomic E-state index is 11.3. The van der Waals surface area contributed by atoms with Gasteiger partial charge in [0.05, 0.1) is 0 Å². The molecule has 5 heteroatoms. The van der Waals surface area contributed by atoms with E-state index in [2.05, 4.69) is 0 Å². The summed E-state index contributed by atoms with van der Waals surface area (Å²) in [5, 5.41) is 11.3. The fourth-order valence-electron chi connectivity index (χ4n) is 2.93. The summed E-state index contributed by atoms with van der Waals surface area (Å²) in [6.45, 7) is 6.06. The van der Waals surface area contributed by atoms with Crippen molar-refractivity contribution < 1.29 is 18.4 Å². The van der Waals surface area contributed by atoms with Gasteiger partial charge < -0.3 is 0 Å². The average molecular weight is 361 g/mol. The molecule has 3 heterocycles. The van der Waals surface area contributed by atoms with Crippen LogP contribution in [-0.2, 0) is 0 Å². The van der Waals surface area contributed by atoms with Crippen LogP contribution in [0.2, 0.25) is 0 Å². The van der Waals surface area contributed by atoms with Gasteiger partial charge in [-0.3, -0.25) is 0 Å². The molecule has 0 fully saturated rings. The van der Waals surface area contributed by atoms with Crippen LogP contribution in [0.3, 0.4) is 0 Å². The van der Waals surface area contributed by atoms with Gasteiger partial charge in [0.2, 0.25) is 0 Å². The molecule has 0 aliphatic rings. The third-order valence-corrected chi connectivity index (χ3v) is 14.2. The second-order valence-corrected chi connectivity index (χ2v) is 14.1. The first-order valence-corrected chi connectivity index (χ1v) is 11.6. The van der Waals surface area contributed by atoms with Gasteiger partial charge in [-0.25, -0.2) is 0 Å². The van der Waals surface area contributed by atoms with Crippen LogP contribution in [0, 0.1) is 5.41 Å². The fraction of sp³-hybridized carbons (Fsp3) is 0.294. The topological polar surface area (TPSA) is 59.7 Å². The first kappa shape index (κ1) is 15.2. The molecule has 3 aromatic rings. The Morgan fingerprint density at radius 1 is 0.818 bits per heavy atom. The third kappa shape index (κ3) is 2.27. The molecule has 22 heavy (non-hydrogen) atoms. The zero-order valence-electron chi connectivity index (χ0n) is 12.9. The molecular formula is C17H20GeO4. The summed E-state index contributed by atoms with van der Waals surface area (Å²) >= 11 is -3.62. The number of hydrogen-bond acceptors (Lipinski definition) is 4. The number of aliphatic hydroxyl groups excluding tert-OH is 1. The Morgan fingerprint density at radius 2 is 1.18 bits per heavy atom. The molecule has 0 saturated carbocycles. The van der Waals surface area contributed by atoms with Crippen molar-refractivity contribution >= 4 is 27.0 Å². The number of hydrogen-bond donors (Lipinski definition) is 1. The molecule has 0 aliphatic heterocycles. The molecule has 3 rings (SSSR count). The molecule has 1 unspecified atom stereocenters. The minimum absolute atomic E-state index is 0.341. The van der Waals surface area contributed by atoms with E-state index in [-0.39, 0.29) is 5.41 Å². The molecule has 116 valence electrons. The van der Waals surface area contributed by atoms with Gasteiger partial charge >= 0.3 is 132 Å². The maximum absolute atomic E-state index is 11.3. The van der Waals surface area contributed by atoms with Crippen molar-refractivity contribution in [1.82, 2.24) is 0 Å². The van der Waals surface area contributed by atoms with E-state index in [0.717, 1.165) is 13.8 Å². The normalized spacial score (nSPS) is 14.2. The van der Waals surface area contributed by atoms with Gasteiger partial charge in [-0.2, -0.15) is 0 Å². The molecular weight excluding hydrogens is 341 g/mol. The Balaban J connectivity index is 2.33. The molecule has 1 atom stereocenters. The Bertz CT molecular complexity index is 606. The Labute approximate surface area is 132 Å². The summed E-state index contributed by atoms with van der Waals surface area (Å²) in [6, 6.07) is 11.3. The second-order valence-electron chi connectivity index (χ2n) is 6.51. The van der Waals surface area contributed by atoms with Crippen molar-refractivity contribution in [2.75, 3.05) is 0 Å². The van der Waals surface area contributed by atoms with Crippen molar-refractivity contribution in [3.05, 3.63) is 55.2 Å². The summed E-state index contributed by atoms with van der Waals surface area (Å²) in [6.07, 6.45) is 4.91. The first-order valence-electron chi connectivity index (χ1n) is 7.27. The molecule has 0 amide bonds. The monoisotopic (exact) mass is 362 g/mol. The Hall–Kier alpha value is -1.66. The quantitative estimate of drug-likeness (QED) is 0.722. The minimum atomic E-state index is -3.62. The first-order chi connectivity index (χ1) is 10.5. The summed E-state index contributed by atoms with van der Waals surface area (Å²) in [5.74, 6) is 0. The van der Waals surface area contributed by atoms with Crippen LogP contribution in [0.1, 0.15) is 20.8 Å². The van der Waals surface area contributed by atoms with Gasteiger partial charge in [-0.15, -0.1) is 0 Å². The Kier molecular flexibility index (Phi) is 3.82. The summed E-state index contributed by atoms with van der Waals surface area (Å²) in [5.41, 5.74) is -0.341. The molecule has 4 nitrogen and oxygen atoms in total. The van der Waals surface area contributed by atoms with Crippen molar-refractivity contribution in [1.29, 1.82) is 0 Å². The van der Waals surface area contributed by atoms with E-state index in [1.807, 2.05) is 57.2 Å². The van der Waals surface area contributed by atoms with Crippen LogP contribution >= 0.6 is 0 Å². The van der Waals surface area contributed by atoms with Crippen LogP contribution in [0.15, 0.2) is 68.4 Å². The summed E-state index contributed by atoms with van der Waals surface area (Å²) in [7, 11) is 0. The third-order valence-electron chi connectivity index (χ3n) is 3.96. The molecule has 1 N–H and O–H groups in total. The zero-order valence-corrected chi connectivity index (χ0v) is 15.0. The van der Waals surface area contributed by atoms with E-state index >= 15 is 0 Å². The summed E-state index contributed by atoms with van der Waals surface area (Å²) < 4.78 is 19.6.